The fraction of sp³-hybridized carbons (Fsp3) is 0.348. The van der Waals surface area contributed by atoms with Crippen LogP contribution in [0.2, 0.25) is 0 Å². The topological polar surface area (TPSA) is 35.5 Å². The first-order valence-corrected chi connectivity index (χ1v) is 9.35. The van der Waals surface area contributed by atoms with Gasteiger partial charge in [-0.2, -0.15) is 0 Å². The van der Waals surface area contributed by atoms with Gasteiger partial charge < -0.3 is 9.47 Å². The molecule has 2 aromatic carbocycles. The molecule has 2 atom stereocenters. The number of carbonyl (C=O) groups is 1. The van der Waals surface area contributed by atoms with Crippen molar-refractivity contribution < 1.29 is 18.7 Å². The summed E-state index contributed by atoms with van der Waals surface area (Å²) >= 11 is 0. The summed E-state index contributed by atoms with van der Waals surface area (Å²) in [6.07, 6.45) is 4.03. The number of hydrogen-bond acceptors (Lipinski definition) is 3. The van der Waals surface area contributed by atoms with Gasteiger partial charge >= 0.3 is 5.97 Å². The molecule has 0 aliphatic carbocycles. The first-order chi connectivity index (χ1) is 13.0. The lowest BCUT2D eigenvalue weighted by Crippen LogP contribution is -2.08. The van der Waals surface area contributed by atoms with Gasteiger partial charge in [-0.05, 0) is 61.1 Å². The number of allylic oxidation sites excluding steroid dienone is 1. The minimum absolute atomic E-state index is 0.0712. The molecule has 0 aliphatic rings. The number of benzene rings is 2. The monoisotopic (exact) mass is 370 g/mol. The van der Waals surface area contributed by atoms with Gasteiger partial charge in [-0.1, -0.05) is 38.5 Å². The molecule has 0 saturated carbocycles. The molecule has 0 aromatic heterocycles. The Labute approximate surface area is 160 Å². The van der Waals surface area contributed by atoms with Crippen LogP contribution in [0.15, 0.2) is 55.1 Å². The molecular formula is C23H27FO3. The summed E-state index contributed by atoms with van der Waals surface area (Å²) in [5, 5.41) is 0. The molecule has 0 spiro atoms. The van der Waals surface area contributed by atoms with Gasteiger partial charge in [-0.3, -0.25) is 0 Å². The van der Waals surface area contributed by atoms with Gasteiger partial charge in [0.05, 0.1) is 12.2 Å². The summed E-state index contributed by atoms with van der Waals surface area (Å²) in [6, 6.07) is 11.8. The maximum absolute atomic E-state index is 14.2. The fourth-order valence-electron chi connectivity index (χ4n) is 3.10. The molecule has 0 aliphatic heterocycles. The van der Waals surface area contributed by atoms with Crippen molar-refractivity contribution >= 4 is 5.97 Å². The summed E-state index contributed by atoms with van der Waals surface area (Å²) in [5.41, 5.74) is 1.38. The molecule has 0 saturated heterocycles. The molecule has 4 heteroatoms. The summed E-state index contributed by atoms with van der Waals surface area (Å²) in [7, 11) is 0. The average molecular weight is 370 g/mol. The number of ether oxygens (including phenoxy) is 2. The highest BCUT2D eigenvalue weighted by molar-refractivity contribution is 5.89. The maximum atomic E-state index is 14.2. The molecule has 0 heterocycles. The summed E-state index contributed by atoms with van der Waals surface area (Å²) in [4.78, 5) is 11.7. The number of esters is 1. The lowest BCUT2D eigenvalue weighted by Gasteiger charge is -2.22. The van der Waals surface area contributed by atoms with Crippen LogP contribution in [0.3, 0.4) is 0 Å². The van der Waals surface area contributed by atoms with Gasteiger partial charge in [0.25, 0.3) is 0 Å². The van der Waals surface area contributed by atoms with Crippen molar-refractivity contribution in [3.05, 3.63) is 72.1 Å². The Morgan fingerprint density at radius 2 is 1.89 bits per heavy atom. The molecule has 3 nitrogen and oxygen atoms in total. The summed E-state index contributed by atoms with van der Waals surface area (Å²) < 4.78 is 24.7. The minimum atomic E-state index is -0.602. The third-order valence-electron chi connectivity index (χ3n) is 4.78. The number of hydrogen-bond donors (Lipinski definition) is 0. The van der Waals surface area contributed by atoms with Crippen molar-refractivity contribution in [1.82, 2.24) is 0 Å². The Kier molecular flexibility index (Phi) is 7.59. The van der Waals surface area contributed by atoms with E-state index < -0.39 is 11.8 Å². The van der Waals surface area contributed by atoms with Gasteiger partial charge in [0.2, 0.25) is 0 Å². The Hall–Kier alpha value is -2.62. The van der Waals surface area contributed by atoms with Gasteiger partial charge in [-0.15, -0.1) is 6.58 Å². The van der Waals surface area contributed by atoms with Crippen molar-refractivity contribution in [1.29, 1.82) is 0 Å². The molecule has 2 unspecified atom stereocenters. The predicted octanol–water partition coefficient (Wildman–Crippen LogP) is 6.50. The highest BCUT2D eigenvalue weighted by Gasteiger charge is 2.16. The third kappa shape index (κ3) is 5.43. The maximum Gasteiger partial charge on any atom is 0.338 e. The molecule has 0 N–H and O–H groups in total. The Bertz CT molecular complexity index is 768. The molecule has 0 fully saturated rings. The fourth-order valence-corrected chi connectivity index (χ4v) is 3.10. The Balaban J connectivity index is 2.10. The molecule has 2 rings (SSSR count). The van der Waals surface area contributed by atoms with Crippen LogP contribution in [0.25, 0.3) is 0 Å². The van der Waals surface area contributed by atoms with E-state index in [4.69, 9.17) is 9.47 Å². The first kappa shape index (κ1) is 20.7. The summed E-state index contributed by atoms with van der Waals surface area (Å²) in [5.74, 6) is 0.415. The first-order valence-electron chi connectivity index (χ1n) is 9.35. The molecule has 2 aromatic rings. The van der Waals surface area contributed by atoms with Crippen molar-refractivity contribution in [3.63, 3.8) is 0 Å². The number of rotatable bonds is 9. The normalized spacial score (nSPS) is 12.9. The highest BCUT2D eigenvalue weighted by atomic mass is 19.1. The second kappa shape index (κ2) is 9.91. The van der Waals surface area contributed by atoms with Crippen molar-refractivity contribution in [2.24, 2.45) is 5.92 Å². The van der Waals surface area contributed by atoms with Gasteiger partial charge in [-0.25, -0.2) is 9.18 Å². The van der Waals surface area contributed by atoms with Crippen LogP contribution in [0, 0.1) is 11.7 Å². The molecule has 0 amide bonds. The lowest BCUT2D eigenvalue weighted by atomic mass is 9.84. The molecule has 0 bridgehead atoms. The predicted molar refractivity (Wildman–Crippen MR) is 106 cm³/mol. The average Bonchev–Trinajstić information content (AvgIpc) is 2.68. The zero-order chi connectivity index (χ0) is 19.8. The molecule has 27 heavy (non-hydrogen) atoms. The standard InChI is InChI=1S/C23H27FO3/c1-5-8-17(6-2)16(4)18-9-12-20(13-10-18)27-22-14-11-19(15-21(22)24)23(25)26-7-3/h5,9-17H,1,6-8H2,2-4H3. The molecule has 144 valence electrons. The van der Waals surface area contributed by atoms with Crippen LogP contribution in [0.5, 0.6) is 11.5 Å². The molecular weight excluding hydrogens is 343 g/mol. The quantitative estimate of drug-likeness (QED) is 0.373. The van der Waals surface area contributed by atoms with E-state index in [0.29, 0.717) is 17.6 Å². The highest BCUT2D eigenvalue weighted by Crippen LogP contribution is 2.32. The van der Waals surface area contributed by atoms with E-state index in [9.17, 15) is 9.18 Å². The van der Waals surface area contributed by atoms with Crippen molar-refractivity contribution in [2.75, 3.05) is 6.61 Å². The van der Waals surface area contributed by atoms with Gasteiger partial charge in [0, 0.05) is 0 Å². The van der Waals surface area contributed by atoms with Gasteiger partial charge in [0.1, 0.15) is 5.75 Å². The van der Waals surface area contributed by atoms with Crippen molar-refractivity contribution in [3.8, 4) is 11.5 Å². The number of carbonyl (C=O) groups excluding carboxylic acids is 1. The SMILES string of the molecule is C=CCC(CC)C(C)c1ccc(Oc2ccc(C(=O)OCC)cc2F)cc1. The molecule has 0 radical (unpaired) electrons. The number of halogens is 1. The van der Waals surface area contributed by atoms with E-state index >= 15 is 0 Å². The Morgan fingerprint density at radius 1 is 1.19 bits per heavy atom. The van der Waals surface area contributed by atoms with E-state index in [2.05, 4.69) is 20.4 Å². The van der Waals surface area contributed by atoms with E-state index in [1.807, 2.05) is 30.3 Å². The van der Waals surface area contributed by atoms with Crippen LogP contribution in [-0.2, 0) is 4.74 Å². The van der Waals surface area contributed by atoms with Crippen LogP contribution < -0.4 is 4.74 Å². The summed E-state index contributed by atoms with van der Waals surface area (Å²) in [6.45, 7) is 10.2. The van der Waals surface area contributed by atoms with E-state index in [1.54, 1.807) is 6.92 Å². The lowest BCUT2D eigenvalue weighted by molar-refractivity contribution is 0.0525. The van der Waals surface area contributed by atoms with Crippen LogP contribution in [-0.4, -0.2) is 12.6 Å². The second-order valence-corrected chi connectivity index (χ2v) is 6.52. The smallest absolute Gasteiger partial charge is 0.338 e. The van der Waals surface area contributed by atoms with E-state index in [-0.39, 0.29) is 17.9 Å². The van der Waals surface area contributed by atoms with Gasteiger partial charge in [0.15, 0.2) is 11.6 Å². The zero-order valence-electron chi connectivity index (χ0n) is 16.2. The minimum Gasteiger partial charge on any atom is -0.462 e. The Morgan fingerprint density at radius 3 is 2.44 bits per heavy atom. The largest absolute Gasteiger partial charge is 0.462 e. The zero-order valence-corrected chi connectivity index (χ0v) is 16.2. The third-order valence-corrected chi connectivity index (χ3v) is 4.78. The van der Waals surface area contributed by atoms with Crippen LogP contribution in [0.1, 0.15) is 55.5 Å². The van der Waals surface area contributed by atoms with Crippen molar-refractivity contribution in [2.45, 2.75) is 39.5 Å². The van der Waals surface area contributed by atoms with Crippen LogP contribution in [0.4, 0.5) is 4.39 Å². The van der Waals surface area contributed by atoms with E-state index in [1.165, 1.54) is 17.7 Å². The second-order valence-electron chi connectivity index (χ2n) is 6.52. The van der Waals surface area contributed by atoms with E-state index in [0.717, 1.165) is 18.9 Å². The van der Waals surface area contributed by atoms with Crippen LogP contribution >= 0.6 is 0 Å².